The van der Waals surface area contributed by atoms with E-state index in [1.54, 1.807) is 18.2 Å². The van der Waals surface area contributed by atoms with Gasteiger partial charge in [-0.15, -0.1) is 0 Å². The highest BCUT2D eigenvalue weighted by Gasteiger charge is 2.19. The first kappa shape index (κ1) is 14.1. The van der Waals surface area contributed by atoms with Crippen molar-refractivity contribution >= 4 is 17.3 Å². The van der Waals surface area contributed by atoms with E-state index in [0.29, 0.717) is 17.1 Å². The van der Waals surface area contributed by atoms with E-state index < -0.39 is 4.92 Å². The molecule has 2 rings (SSSR count). The fourth-order valence-corrected chi connectivity index (χ4v) is 1.88. The van der Waals surface area contributed by atoms with E-state index in [9.17, 15) is 10.1 Å². The van der Waals surface area contributed by atoms with Gasteiger partial charge in [0.05, 0.1) is 19.1 Å². The zero-order chi connectivity index (χ0) is 14.7. The Morgan fingerprint density at radius 2 is 1.75 bits per heavy atom. The third-order valence-corrected chi connectivity index (χ3v) is 2.87. The fourth-order valence-electron chi connectivity index (χ4n) is 1.73. The molecule has 20 heavy (non-hydrogen) atoms. The topological polar surface area (TPSA) is 74.5 Å². The van der Waals surface area contributed by atoms with Gasteiger partial charge < -0.3 is 9.47 Å². The zero-order valence-electron chi connectivity index (χ0n) is 10.8. The third-order valence-electron chi connectivity index (χ3n) is 2.66. The quantitative estimate of drug-likeness (QED) is 0.491. The van der Waals surface area contributed by atoms with E-state index in [0.717, 1.165) is 0 Å². The van der Waals surface area contributed by atoms with Crippen molar-refractivity contribution in [3.05, 3.63) is 45.6 Å². The average molecular weight is 295 g/mol. The van der Waals surface area contributed by atoms with Crippen LogP contribution < -0.4 is 9.47 Å². The summed E-state index contributed by atoms with van der Waals surface area (Å²) in [5.41, 5.74) is 0.528. The lowest BCUT2D eigenvalue weighted by molar-refractivity contribution is -0.384. The molecule has 0 unspecified atom stereocenters. The summed E-state index contributed by atoms with van der Waals surface area (Å²) in [4.78, 5) is 14.6. The monoisotopic (exact) mass is 294 g/mol. The number of rotatable bonds is 4. The van der Waals surface area contributed by atoms with Gasteiger partial charge in [0, 0.05) is 17.7 Å². The summed E-state index contributed by atoms with van der Waals surface area (Å²) in [5, 5.41) is 11.2. The van der Waals surface area contributed by atoms with Gasteiger partial charge >= 0.3 is 0 Å². The van der Waals surface area contributed by atoms with Crippen LogP contribution in [0.5, 0.6) is 11.5 Å². The highest BCUT2D eigenvalue weighted by molar-refractivity contribution is 6.29. The Morgan fingerprint density at radius 3 is 2.25 bits per heavy atom. The van der Waals surface area contributed by atoms with Crippen molar-refractivity contribution in [3.63, 3.8) is 0 Å². The molecule has 104 valence electrons. The minimum atomic E-state index is -0.509. The van der Waals surface area contributed by atoms with Crippen LogP contribution in [0.1, 0.15) is 0 Å². The van der Waals surface area contributed by atoms with E-state index >= 15 is 0 Å². The maximum Gasteiger partial charge on any atom is 0.295 e. The number of benzene rings is 1. The number of hydrogen-bond donors (Lipinski definition) is 0. The second-order valence-electron chi connectivity index (χ2n) is 3.86. The smallest absolute Gasteiger partial charge is 0.295 e. The lowest BCUT2D eigenvalue weighted by Crippen LogP contribution is -1.96. The summed E-state index contributed by atoms with van der Waals surface area (Å²) in [5.74, 6) is 1.02. The van der Waals surface area contributed by atoms with Gasteiger partial charge in [-0.1, -0.05) is 11.6 Å². The molecule has 0 fully saturated rings. The predicted molar refractivity (Wildman–Crippen MR) is 74.4 cm³/mol. The largest absolute Gasteiger partial charge is 0.497 e. The van der Waals surface area contributed by atoms with Crippen LogP contribution in [0.2, 0.25) is 5.15 Å². The van der Waals surface area contributed by atoms with Crippen molar-refractivity contribution in [2.24, 2.45) is 0 Å². The summed E-state index contributed by atoms with van der Waals surface area (Å²) < 4.78 is 10.3. The van der Waals surface area contributed by atoms with Crippen LogP contribution in [-0.4, -0.2) is 24.1 Å². The Labute approximate surface area is 120 Å². The van der Waals surface area contributed by atoms with E-state index in [2.05, 4.69) is 4.98 Å². The first-order valence-electron chi connectivity index (χ1n) is 5.59. The van der Waals surface area contributed by atoms with Gasteiger partial charge in [0.2, 0.25) is 0 Å². The van der Waals surface area contributed by atoms with Crippen LogP contribution in [0, 0.1) is 10.1 Å². The molecule has 1 heterocycles. The molecule has 0 amide bonds. The Kier molecular flexibility index (Phi) is 4.05. The second-order valence-corrected chi connectivity index (χ2v) is 4.25. The molecule has 0 aliphatic heterocycles. The first-order chi connectivity index (χ1) is 9.55. The average Bonchev–Trinajstić information content (AvgIpc) is 2.46. The Bertz CT molecular complexity index is 639. The summed E-state index contributed by atoms with van der Waals surface area (Å²) in [6.07, 6.45) is 0. The molecule has 0 aliphatic carbocycles. The molecule has 0 saturated carbocycles. The fraction of sp³-hybridized carbons (Fsp3) is 0.154. The van der Waals surface area contributed by atoms with Gasteiger partial charge in [0.25, 0.3) is 5.69 Å². The molecular weight excluding hydrogens is 284 g/mol. The van der Waals surface area contributed by atoms with Crippen molar-refractivity contribution in [3.8, 4) is 22.8 Å². The molecule has 6 nitrogen and oxygen atoms in total. The van der Waals surface area contributed by atoms with Crippen LogP contribution in [0.25, 0.3) is 11.3 Å². The van der Waals surface area contributed by atoms with Crippen LogP contribution in [0.15, 0.2) is 30.3 Å². The van der Waals surface area contributed by atoms with Gasteiger partial charge in [-0.25, -0.2) is 4.98 Å². The van der Waals surface area contributed by atoms with E-state index in [1.165, 1.54) is 26.4 Å². The SMILES string of the molecule is COc1cc(OC)cc(-c2nc(Cl)ccc2[N+](=O)[O-])c1. The summed E-state index contributed by atoms with van der Waals surface area (Å²) in [7, 11) is 3.00. The Hall–Kier alpha value is -2.34. The number of aromatic nitrogens is 1. The molecule has 0 atom stereocenters. The maximum atomic E-state index is 11.1. The van der Waals surface area contributed by atoms with E-state index in [-0.39, 0.29) is 16.5 Å². The highest BCUT2D eigenvalue weighted by atomic mass is 35.5. The first-order valence-corrected chi connectivity index (χ1v) is 5.97. The van der Waals surface area contributed by atoms with Crippen molar-refractivity contribution in [2.75, 3.05) is 14.2 Å². The molecule has 1 aromatic heterocycles. The van der Waals surface area contributed by atoms with Crippen LogP contribution in [0.3, 0.4) is 0 Å². The van der Waals surface area contributed by atoms with Gasteiger partial charge in [-0.2, -0.15) is 0 Å². The second kappa shape index (κ2) is 5.75. The number of ether oxygens (including phenoxy) is 2. The number of halogens is 1. The summed E-state index contributed by atoms with van der Waals surface area (Å²) in [6.45, 7) is 0. The number of hydrogen-bond acceptors (Lipinski definition) is 5. The number of nitro groups is 1. The van der Waals surface area contributed by atoms with Crippen LogP contribution >= 0.6 is 11.6 Å². The standard InChI is InChI=1S/C13H11ClN2O4/c1-19-9-5-8(6-10(7-9)20-2)13-11(16(17)18)3-4-12(14)15-13/h3-7H,1-2H3. The van der Waals surface area contributed by atoms with E-state index in [4.69, 9.17) is 21.1 Å². The predicted octanol–water partition coefficient (Wildman–Crippen LogP) is 3.33. The lowest BCUT2D eigenvalue weighted by Gasteiger charge is -2.08. The molecule has 0 aliphatic rings. The molecule has 0 radical (unpaired) electrons. The summed E-state index contributed by atoms with van der Waals surface area (Å²) >= 11 is 5.82. The summed E-state index contributed by atoms with van der Waals surface area (Å²) in [6, 6.07) is 7.62. The number of pyridine rings is 1. The molecule has 7 heteroatoms. The normalized spacial score (nSPS) is 10.2. The van der Waals surface area contributed by atoms with Crippen molar-refractivity contribution < 1.29 is 14.4 Å². The number of methoxy groups -OCH3 is 2. The van der Waals surface area contributed by atoms with E-state index in [1.807, 2.05) is 0 Å². The molecule has 0 N–H and O–H groups in total. The van der Waals surface area contributed by atoms with Gasteiger partial charge in [-0.05, 0) is 18.2 Å². The van der Waals surface area contributed by atoms with Crippen molar-refractivity contribution in [1.82, 2.24) is 4.98 Å². The molecule has 0 saturated heterocycles. The third kappa shape index (κ3) is 2.80. The minimum Gasteiger partial charge on any atom is -0.497 e. The van der Waals surface area contributed by atoms with Crippen molar-refractivity contribution in [1.29, 1.82) is 0 Å². The highest BCUT2D eigenvalue weighted by Crippen LogP contribution is 2.34. The molecule has 0 bridgehead atoms. The van der Waals surface area contributed by atoms with Crippen LogP contribution in [0.4, 0.5) is 5.69 Å². The lowest BCUT2D eigenvalue weighted by atomic mass is 10.1. The van der Waals surface area contributed by atoms with Crippen molar-refractivity contribution in [2.45, 2.75) is 0 Å². The van der Waals surface area contributed by atoms with Gasteiger partial charge in [-0.3, -0.25) is 10.1 Å². The minimum absolute atomic E-state index is 0.135. The van der Waals surface area contributed by atoms with Gasteiger partial charge in [0.1, 0.15) is 22.3 Å². The Morgan fingerprint density at radius 1 is 1.15 bits per heavy atom. The van der Waals surface area contributed by atoms with Crippen LogP contribution in [-0.2, 0) is 0 Å². The molecule has 0 spiro atoms. The molecule has 2 aromatic rings. The maximum absolute atomic E-state index is 11.1. The van der Waals surface area contributed by atoms with Gasteiger partial charge in [0.15, 0.2) is 0 Å². The zero-order valence-corrected chi connectivity index (χ0v) is 11.5. The Balaban J connectivity index is 2.66. The number of nitrogens with zero attached hydrogens (tertiary/aromatic N) is 2. The molecular formula is C13H11ClN2O4. The molecule has 1 aromatic carbocycles.